The van der Waals surface area contributed by atoms with Crippen molar-refractivity contribution in [2.45, 2.75) is 44.2 Å². The van der Waals surface area contributed by atoms with Crippen LogP contribution in [0.2, 0.25) is 0 Å². The Morgan fingerprint density at radius 2 is 1.20 bits per heavy atom. The maximum Gasteiger partial charge on any atom is 0.164 e. The van der Waals surface area contributed by atoms with Crippen molar-refractivity contribution < 1.29 is 9.59 Å². The van der Waals surface area contributed by atoms with Crippen molar-refractivity contribution in [1.82, 2.24) is 4.90 Å². The lowest BCUT2D eigenvalue weighted by Crippen LogP contribution is -2.45. The third-order valence-corrected chi connectivity index (χ3v) is 5.26. The highest BCUT2D eigenvalue weighted by Gasteiger charge is 2.30. The summed E-state index contributed by atoms with van der Waals surface area (Å²) in [4.78, 5) is 27.3. The molecule has 1 heterocycles. The molecule has 1 saturated heterocycles. The predicted octanol–water partition coefficient (Wildman–Crippen LogP) is 4.39. The molecule has 2 aromatic carbocycles. The van der Waals surface area contributed by atoms with Crippen LogP contribution in [0.3, 0.4) is 0 Å². The number of piperidine rings is 1. The van der Waals surface area contributed by atoms with Gasteiger partial charge in [-0.05, 0) is 19.9 Å². The van der Waals surface area contributed by atoms with E-state index < -0.39 is 0 Å². The minimum atomic E-state index is 0.187. The summed E-state index contributed by atoms with van der Waals surface area (Å²) in [5.74, 6) is 0.375. The van der Waals surface area contributed by atoms with E-state index >= 15 is 0 Å². The second kappa shape index (κ2) is 8.21. The van der Waals surface area contributed by atoms with Crippen molar-refractivity contribution in [1.29, 1.82) is 0 Å². The Bertz CT molecular complexity index is 650. The zero-order chi connectivity index (χ0) is 17.6. The number of Topliss-reactive ketones (excluding diaryl/α,β-unsaturated/α-hetero) is 2. The van der Waals surface area contributed by atoms with Crippen LogP contribution >= 0.6 is 0 Å². The van der Waals surface area contributed by atoms with Crippen molar-refractivity contribution in [3.05, 3.63) is 71.8 Å². The molecule has 1 aliphatic rings. The van der Waals surface area contributed by atoms with Gasteiger partial charge in [0.15, 0.2) is 11.6 Å². The average molecular weight is 335 g/mol. The minimum Gasteiger partial charge on any atom is -0.300 e. The molecule has 1 aliphatic heterocycles. The Morgan fingerprint density at radius 3 is 1.60 bits per heavy atom. The molecule has 0 radical (unpaired) electrons. The van der Waals surface area contributed by atoms with Crippen molar-refractivity contribution in [3.63, 3.8) is 0 Å². The number of rotatable bonds is 6. The number of benzene rings is 2. The average Bonchev–Trinajstić information content (AvgIpc) is 2.66. The molecule has 0 saturated carbocycles. The third kappa shape index (κ3) is 4.43. The summed E-state index contributed by atoms with van der Waals surface area (Å²) in [5, 5.41) is 0. The van der Waals surface area contributed by atoms with Crippen LogP contribution < -0.4 is 0 Å². The number of carbonyl (C=O) groups is 2. The van der Waals surface area contributed by atoms with E-state index in [4.69, 9.17) is 0 Å². The molecule has 1 fully saturated rings. The Morgan fingerprint density at radius 1 is 0.800 bits per heavy atom. The van der Waals surface area contributed by atoms with Crippen molar-refractivity contribution in [2.24, 2.45) is 0 Å². The fourth-order valence-corrected chi connectivity index (χ4v) is 3.70. The number of hydrogen-bond acceptors (Lipinski definition) is 3. The molecule has 3 nitrogen and oxygen atoms in total. The van der Waals surface area contributed by atoms with Crippen LogP contribution in [0.15, 0.2) is 60.7 Å². The summed E-state index contributed by atoms with van der Waals surface area (Å²) in [6.07, 6.45) is 4.16. The smallest absolute Gasteiger partial charge is 0.164 e. The summed E-state index contributed by atoms with van der Waals surface area (Å²) in [6.45, 7) is 0. The van der Waals surface area contributed by atoms with Crippen molar-refractivity contribution >= 4 is 11.6 Å². The third-order valence-electron chi connectivity index (χ3n) is 5.26. The SMILES string of the molecule is CN1[C@H](CC(=O)c2ccccc2)CCC[C@H]1CC(=O)c1ccccc1. The topological polar surface area (TPSA) is 37.4 Å². The van der Waals surface area contributed by atoms with E-state index in [1.165, 1.54) is 0 Å². The lowest BCUT2D eigenvalue weighted by molar-refractivity contribution is 0.0723. The fourth-order valence-electron chi connectivity index (χ4n) is 3.70. The monoisotopic (exact) mass is 335 g/mol. The normalized spacial score (nSPS) is 21.0. The molecule has 25 heavy (non-hydrogen) atoms. The number of carbonyl (C=O) groups excluding carboxylic acids is 2. The van der Waals surface area contributed by atoms with Gasteiger partial charge in [-0.2, -0.15) is 0 Å². The Hall–Kier alpha value is -2.26. The minimum absolute atomic E-state index is 0.187. The first-order valence-electron chi connectivity index (χ1n) is 9.03. The van der Waals surface area contributed by atoms with E-state index in [-0.39, 0.29) is 23.7 Å². The molecular formula is C22H25NO2. The van der Waals surface area contributed by atoms with Crippen LogP contribution in [0.25, 0.3) is 0 Å². The molecule has 0 N–H and O–H groups in total. The maximum absolute atomic E-state index is 12.5. The lowest BCUT2D eigenvalue weighted by atomic mass is 9.88. The van der Waals surface area contributed by atoms with Crippen LogP contribution in [0.5, 0.6) is 0 Å². The van der Waals surface area contributed by atoms with Gasteiger partial charge in [0, 0.05) is 36.1 Å². The van der Waals surface area contributed by atoms with Gasteiger partial charge in [-0.1, -0.05) is 67.1 Å². The van der Waals surface area contributed by atoms with Gasteiger partial charge in [0.05, 0.1) is 0 Å². The highest BCUT2D eigenvalue weighted by molar-refractivity contribution is 5.97. The second-order valence-corrected chi connectivity index (χ2v) is 6.89. The van der Waals surface area contributed by atoms with Crippen molar-refractivity contribution in [2.75, 3.05) is 7.05 Å². The molecule has 0 amide bonds. The van der Waals surface area contributed by atoms with Gasteiger partial charge in [0.25, 0.3) is 0 Å². The lowest BCUT2D eigenvalue weighted by Gasteiger charge is -2.39. The van der Waals surface area contributed by atoms with E-state index in [1.54, 1.807) is 0 Å². The van der Waals surface area contributed by atoms with Gasteiger partial charge in [0.1, 0.15) is 0 Å². The van der Waals surface area contributed by atoms with Crippen molar-refractivity contribution in [3.8, 4) is 0 Å². The largest absolute Gasteiger partial charge is 0.300 e. The van der Waals surface area contributed by atoms with Crippen LogP contribution in [0.4, 0.5) is 0 Å². The number of hydrogen-bond donors (Lipinski definition) is 0. The first kappa shape index (κ1) is 17.6. The summed E-state index contributed by atoms with van der Waals surface area (Å²) >= 11 is 0. The van der Waals surface area contributed by atoms with Gasteiger partial charge in [-0.15, -0.1) is 0 Å². The van der Waals surface area contributed by atoms with Crippen LogP contribution in [0, 0.1) is 0 Å². The molecular weight excluding hydrogens is 310 g/mol. The Labute approximate surface area is 149 Å². The van der Waals surface area contributed by atoms with Gasteiger partial charge in [-0.3, -0.25) is 14.5 Å². The highest BCUT2D eigenvalue weighted by Crippen LogP contribution is 2.27. The van der Waals surface area contributed by atoms with Crippen LogP contribution in [-0.2, 0) is 0 Å². The summed E-state index contributed by atoms with van der Waals surface area (Å²) in [5.41, 5.74) is 1.55. The second-order valence-electron chi connectivity index (χ2n) is 6.89. The predicted molar refractivity (Wildman–Crippen MR) is 100.0 cm³/mol. The molecule has 3 rings (SSSR count). The van der Waals surface area contributed by atoms with E-state index in [9.17, 15) is 9.59 Å². The highest BCUT2D eigenvalue weighted by atomic mass is 16.1. The molecule has 2 atom stereocenters. The first-order valence-corrected chi connectivity index (χ1v) is 9.03. The Kier molecular flexibility index (Phi) is 5.77. The van der Waals surface area contributed by atoms with Gasteiger partial charge in [-0.25, -0.2) is 0 Å². The molecule has 0 aromatic heterocycles. The number of nitrogens with zero attached hydrogens (tertiary/aromatic N) is 1. The Balaban J connectivity index is 1.62. The number of likely N-dealkylation sites (tertiary alicyclic amines) is 1. The standard InChI is InChI=1S/C22H25NO2/c1-23-19(15-21(24)17-9-4-2-5-10-17)13-8-14-20(23)16-22(25)18-11-6-3-7-12-18/h2-7,9-12,19-20H,8,13-16H2,1H3/t19-,20-/m0/s1. The fraction of sp³-hybridized carbons (Fsp3) is 0.364. The molecule has 3 heteroatoms. The van der Waals surface area contributed by atoms with Gasteiger partial charge >= 0.3 is 0 Å². The van der Waals surface area contributed by atoms with Gasteiger partial charge in [0.2, 0.25) is 0 Å². The molecule has 0 aliphatic carbocycles. The molecule has 0 bridgehead atoms. The van der Waals surface area contributed by atoms with E-state index in [2.05, 4.69) is 11.9 Å². The van der Waals surface area contributed by atoms with Crippen LogP contribution in [-0.4, -0.2) is 35.6 Å². The number of ketones is 2. The van der Waals surface area contributed by atoms with Gasteiger partial charge < -0.3 is 0 Å². The van der Waals surface area contributed by atoms with E-state index in [0.717, 1.165) is 30.4 Å². The quantitative estimate of drug-likeness (QED) is 0.735. The zero-order valence-corrected chi connectivity index (χ0v) is 14.7. The van der Waals surface area contributed by atoms with E-state index in [0.29, 0.717) is 12.8 Å². The molecule has 130 valence electrons. The molecule has 0 spiro atoms. The van der Waals surface area contributed by atoms with Crippen LogP contribution in [0.1, 0.15) is 52.8 Å². The maximum atomic E-state index is 12.5. The zero-order valence-electron chi connectivity index (χ0n) is 14.7. The summed E-state index contributed by atoms with van der Waals surface area (Å²) < 4.78 is 0. The summed E-state index contributed by atoms with van der Waals surface area (Å²) in [7, 11) is 2.06. The summed E-state index contributed by atoms with van der Waals surface area (Å²) in [6, 6.07) is 19.4. The van der Waals surface area contributed by atoms with E-state index in [1.807, 2.05) is 60.7 Å². The molecule has 0 unspecified atom stereocenters. The molecule has 2 aromatic rings. The first-order chi connectivity index (χ1) is 12.1.